The second kappa shape index (κ2) is 7.29. The molecule has 1 aromatic rings. The van der Waals surface area contributed by atoms with Crippen LogP contribution in [0, 0.1) is 5.92 Å². The lowest BCUT2D eigenvalue weighted by molar-refractivity contribution is 0.407. The van der Waals surface area contributed by atoms with Gasteiger partial charge in [-0.05, 0) is 31.4 Å². The number of hydrogen-bond acceptors (Lipinski definition) is 2. The molecular weight excluding hydrogens is 198 g/mol. The summed E-state index contributed by atoms with van der Waals surface area (Å²) in [6.07, 6.45) is 2.53. The first-order valence-corrected chi connectivity index (χ1v) is 6.06. The van der Waals surface area contributed by atoms with Gasteiger partial charge in [0.15, 0.2) is 0 Å². The molecular formula is C14H23NO. The highest BCUT2D eigenvalue weighted by Crippen LogP contribution is 2.16. The van der Waals surface area contributed by atoms with Crippen LogP contribution in [0.25, 0.3) is 0 Å². The summed E-state index contributed by atoms with van der Waals surface area (Å²) in [7, 11) is 1.72. The largest absolute Gasteiger partial charge is 0.496 e. The topological polar surface area (TPSA) is 21.3 Å². The molecule has 2 heteroatoms. The van der Waals surface area contributed by atoms with E-state index in [2.05, 4.69) is 25.2 Å². The zero-order valence-electron chi connectivity index (χ0n) is 10.6. The molecule has 0 spiro atoms. The van der Waals surface area contributed by atoms with Crippen LogP contribution < -0.4 is 10.1 Å². The van der Waals surface area contributed by atoms with Crippen molar-refractivity contribution in [2.75, 3.05) is 13.7 Å². The fourth-order valence-corrected chi connectivity index (χ4v) is 1.71. The molecule has 0 atom stereocenters. The van der Waals surface area contributed by atoms with Crippen LogP contribution in [0.2, 0.25) is 0 Å². The molecule has 0 radical (unpaired) electrons. The minimum atomic E-state index is 0.799. The average molecular weight is 221 g/mol. The lowest BCUT2D eigenvalue weighted by Gasteiger charge is -2.09. The molecule has 0 bridgehead atoms. The van der Waals surface area contributed by atoms with Gasteiger partial charge < -0.3 is 10.1 Å². The maximum Gasteiger partial charge on any atom is 0.123 e. The van der Waals surface area contributed by atoms with Gasteiger partial charge in [0.2, 0.25) is 0 Å². The van der Waals surface area contributed by atoms with Crippen LogP contribution in [0.15, 0.2) is 24.3 Å². The van der Waals surface area contributed by atoms with Crippen molar-refractivity contribution in [3.63, 3.8) is 0 Å². The highest BCUT2D eigenvalue weighted by Gasteiger charge is 2.00. The summed E-state index contributed by atoms with van der Waals surface area (Å²) < 4.78 is 5.30. The Kier molecular flexibility index (Phi) is 5.94. The van der Waals surface area contributed by atoms with Crippen LogP contribution in [-0.4, -0.2) is 13.7 Å². The van der Waals surface area contributed by atoms with Crippen LogP contribution >= 0.6 is 0 Å². The number of benzene rings is 1. The molecule has 0 unspecified atom stereocenters. The van der Waals surface area contributed by atoms with Gasteiger partial charge in [-0.3, -0.25) is 0 Å². The summed E-state index contributed by atoms with van der Waals surface area (Å²) in [5, 5.41) is 3.45. The maximum absolute atomic E-state index is 5.30. The lowest BCUT2D eigenvalue weighted by atomic mass is 10.1. The minimum Gasteiger partial charge on any atom is -0.496 e. The highest BCUT2D eigenvalue weighted by molar-refractivity contribution is 5.32. The van der Waals surface area contributed by atoms with E-state index in [0.29, 0.717) is 0 Å². The Hall–Kier alpha value is -1.02. The second-order valence-corrected chi connectivity index (χ2v) is 4.52. The SMILES string of the molecule is COc1ccccc1CNCCCC(C)C. The minimum absolute atomic E-state index is 0.799. The van der Waals surface area contributed by atoms with Crippen LogP contribution in [-0.2, 0) is 6.54 Å². The van der Waals surface area contributed by atoms with E-state index >= 15 is 0 Å². The Labute approximate surface area is 99.0 Å². The van der Waals surface area contributed by atoms with Crippen molar-refractivity contribution in [2.45, 2.75) is 33.2 Å². The van der Waals surface area contributed by atoms with Crippen molar-refractivity contribution in [1.82, 2.24) is 5.32 Å². The third kappa shape index (κ3) is 4.67. The molecule has 0 aromatic heterocycles. The fourth-order valence-electron chi connectivity index (χ4n) is 1.71. The first kappa shape index (κ1) is 13.0. The van der Waals surface area contributed by atoms with Crippen LogP contribution in [0.3, 0.4) is 0 Å². The molecule has 0 fully saturated rings. The van der Waals surface area contributed by atoms with Crippen LogP contribution in [0.4, 0.5) is 0 Å². The first-order valence-electron chi connectivity index (χ1n) is 6.06. The van der Waals surface area contributed by atoms with Crippen molar-refractivity contribution >= 4 is 0 Å². The molecule has 0 aliphatic rings. The molecule has 90 valence electrons. The Morgan fingerprint density at radius 1 is 1.25 bits per heavy atom. The van der Waals surface area contributed by atoms with Gasteiger partial charge in [-0.15, -0.1) is 0 Å². The van der Waals surface area contributed by atoms with Gasteiger partial charge in [0.1, 0.15) is 5.75 Å². The van der Waals surface area contributed by atoms with Crippen molar-refractivity contribution in [3.8, 4) is 5.75 Å². The predicted octanol–water partition coefficient (Wildman–Crippen LogP) is 3.22. The number of nitrogens with one attached hydrogen (secondary N) is 1. The van der Waals surface area contributed by atoms with Crippen LogP contribution in [0.5, 0.6) is 5.75 Å². The second-order valence-electron chi connectivity index (χ2n) is 4.52. The zero-order valence-corrected chi connectivity index (χ0v) is 10.6. The number of methoxy groups -OCH3 is 1. The first-order chi connectivity index (χ1) is 7.74. The summed E-state index contributed by atoms with van der Waals surface area (Å²) in [4.78, 5) is 0. The normalized spacial score (nSPS) is 10.8. The van der Waals surface area contributed by atoms with Gasteiger partial charge in [-0.2, -0.15) is 0 Å². The number of para-hydroxylation sites is 1. The third-order valence-electron chi connectivity index (χ3n) is 2.64. The fraction of sp³-hybridized carbons (Fsp3) is 0.571. The summed E-state index contributed by atoms with van der Waals surface area (Å²) in [6, 6.07) is 8.16. The highest BCUT2D eigenvalue weighted by atomic mass is 16.5. The van der Waals surface area contributed by atoms with E-state index in [4.69, 9.17) is 4.74 Å². The van der Waals surface area contributed by atoms with E-state index in [1.165, 1.54) is 18.4 Å². The van der Waals surface area contributed by atoms with Gasteiger partial charge in [0.05, 0.1) is 7.11 Å². The molecule has 0 aliphatic heterocycles. The van der Waals surface area contributed by atoms with Crippen molar-refractivity contribution in [2.24, 2.45) is 5.92 Å². The zero-order chi connectivity index (χ0) is 11.8. The van der Waals surface area contributed by atoms with E-state index in [9.17, 15) is 0 Å². The Morgan fingerprint density at radius 3 is 2.69 bits per heavy atom. The molecule has 1 N–H and O–H groups in total. The number of rotatable bonds is 7. The van der Waals surface area contributed by atoms with E-state index in [-0.39, 0.29) is 0 Å². The lowest BCUT2D eigenvalue weighted by Crippen LogP contribution is -2.15. The quantitative estimate of drug-likeness (QED) is 0.714. The standard InChI is InChI=1S/C14H23NO/c1-12(2)7-6-10-15-11-13-8-4-5-9-14(13)16-3/h4-5,8-9,12,15H,6-7,10-11H2,1-3H3. The smallest absolute Gasteiger partial charge is 0.123 e. The van der Waals surface area contributed by atoms with E-state index in [0.717, 1.165) is 24.8 Å². The van der Waals surface area contributed by atoms with Gasteiger partial charge in [-0.1, -0.05) is 32.0 Å². The van der Waals surface area contributed by atoms with Gasteiger partial charge >= 0.3 is 0 Å². The molecule has 2 nitrogen and oxygen atoms in total. The molecule has 1 rings (SSSR count). The van der Waals surface area contributed by atoms with Gasteiger partial charge in [-0.25, -0.2) is 0 Å². The van der Waals surface area contributed by atoms with Crippen LogP contribution in [0.1, 0.15) is 32.3 Å². The molecule has 0 aliphatic carbocycles. The summed E-state index contributed by atoms with van der Waals surface area (Å²) in [5.74, 6) is 1.77. The molecule has 16 heavy (non-hydrogen) atoms. The molecule has 0 heterocycles. The van der Waals surface area contributed by atoms with Crippen molar-refractivity contribution in [1.29, 1.82) is 0 Å². The average Bonchev–Trinajstić information content (AvgIpc) is 2.29. The summed E-state index contributed by atoms with van der Waals surface area (Å²) in [6.45, 7) is 6.50. The number of hydrogen-bond donors (Lipinski definition) is 1. The van der Waals surface area contributed by atoms with E-state index in [1.807, 2.05) is 18.2 Å². The molecule has 0 saturated heterocycles. The van der Waals surface area contributed by atoms with E-state index < -0.39 is 0 Å². The Bertz CT molecular complexity index is 297. The molecule has 0 amide bonds. The third-order valence-corrected chi connectivity index (χ3v) is 2.64. The van der Waals surface area contributed by atoms with Crippen molar-refractivity contribution < 1.29 is 4.74 Å². The van der Waals surface area contributed by atoms with E-state index in [1.54, 1.807) is 7.11 Å². The van der Waals surface area contributed by atoms with Crippen molar-refractivity contribution in [3.05, 3.63) is 29.8 Å². The summed E-state index contributed by atoms with van der Waals surface area (Å²) >= 11 is 0. The van der Waals surface area contributed by atoms with Gasteiger partial charge in [0, 0.05) is 12.1 Å². The number of ether oxygens (including phenoxy) is 1. The maximum atomic E-state index is 5.30. The van der Waals surface area contributed by atoms with Gasteiger partial charge in [0.25, 0.3) is 0 Å². The predicted molar refractivity (Wildman–Crippen MR) is 68.8 cm³/mol. The Balaban J connectivity index is 2.26. The summed E-state index contributed by atoms with van der Waals surface area (Å²) in [5.41, 5.74) is 1.23. The monoisotopic (exact) mass is 221 g/mol. The molecule has 0 saturated carbocycles. The Morgan fingerprint density at radius 2 is 2.00 bits per heavy atom. The molecule has 1 aromatic carbocycles.